The summed E-state index contributed by atoms with van der Waals surface area (Å²) in [6, 6.07) is 0.302. The molecule has 2 heterocycles. The molecule has 1 aromatic rings. The van der Waals surface area contributed by atoms with Crippen molar-refractivity contribution < 1.29 is 4.52 Å². The zero-order valence-corrected chi connectivity index (χ0v) is 11.1. The predicted octanol–water partition coefficient (Wildman–Crippen LogP) is 1.37. The van der Waals surface area contributed by atoms with E-state index >= 15 is 0 Å². The standard InChI is InChI=1S/C11H20N4O.ClH/c1-2-4-11-13-10(14-16-11)8-15-6-3-5-9(12)7-15;/h9H,2-8,12H2,1H3;1H/t9-;/m1./s1. The molecule has 0 aliphatic carbocycles. The minimum absolute atomic E-state index is 0. The van der Waals surface area contributed by atoms with Crippen LogP contribution in [-0.4, -0.2) is 34.2 Å². The highest BCUT2D eigenvalue weighted by molar-refractivity contribution is 5.85. The number of piperidine rings is 1. The molecular formula is C11H21ClN4O. The quantitative estimate of drug-likeness (QED) is 0.886. The molecule has 0 saturated carbocycles. The van der Waals surface area contributed by atoms with Gasteiger partial charge in [-0.3, -0.25) is 4.90 Å². The molecule has 0 radical (unpaired) electrons. The number of nitrogens with zero attached hydrogens (tertiary/aromatic N) is 3. The number of hydrogen-bond acceptors (Lipinski definition) is 5. The fourth-order valence-corrected chi connectivity index (χ4v) is 2.10. The van der Waals surface area contributed by atoms with Gasteiger partial charge in [-0.25, -0.2) is 0 Å². The van der Waals surface area contributed by atoms with Crippen LogP contribution in [0.3, 0.4) is 0 Å². The van der Waals surface area contributed by atoms with Gasteiger partial charge < -0.3 is 10.3 Å². The average Bonchev–Trinajstić information content (AvgIpc) is 2.66. The first-order valence-electron chi connectivity index (χ1n) is 6.07. The van der Waals surface area contributed by atoms with Gasteiger partial charge in [-0.15, -0.1) is 12.4 Å². The van der Waals surface area contributed by atoms with Crippen LogP contribution >= 0.6 is 12.4 Å². The van der Waals surface area contributed by atoms with Crippen molar-refractivity contribution in [3.63, 3.8) is 0 Å². The molecule has 6 heteroatoms. The van der Waals surface area contributed by atoms with Crippen molar-refractivity contribution in [2.24, 2.45) is 5.73 Å². The van der Waals surface area contributed by atoms with E-state index in [1.54, 1.807) is 0 Å². The van der Waals surface area contributed by atoms with Gasteiger partial charge in [-0.2, -0.15) is 4.98 Å². The minimum atomic E-state index is 0. The van der Waals surface area contributed by atoms with Crippen molar-refractivity contribution in [3.05, 3.63) is 11.7 Å². The molecule has 0 amide bonds. The fraction of sp³-hybridized carbons (Fsp3) is 0.818. The molecule has 5 nitrogen and oxygen atoms in total. The monoisotopic (exact) mass is 260 g/mol. The van der Waals surface area contributed by atoms with Gasteiger partial charge in [-0.05, 0) is 25.8 Å². The zero-order chi connectivity index (χ0) is 11.4. The summed E-state index contributed by atoms with van der Waals surface area (Å²) in [7, 11) is 0. The summed E-state index contributed by atoms with van der Waals surface area (Å²) < 4.78 is 5.15. The second-order valence-electron chi connectivity index (χ2n) is 4.49. The van der Waals surface area contributed by atoms with Crippen LogP contribution in [0.1, 0.15) is 37.9 Å². The van der Waals surface area contributed by atoms with Crippen LogP contribution in [0.25, 0.3) is 0 Å². The van der Waals surface area contributed by atoms with E-state index in [2.05, 4.69) is 22.0 Å². The van der Waals surface area contributed by atoms with Gasteiger partial charge in [0.05, 0.1) is 6.54 Å². The van der Waals surface area contributed by atoms with Crippen molar-refractivity contribution in [1.29, 1.82) is 0 Å². The Labute approximate surface area is 108 Å². The molecule has 0 bridgehead atoms. The third-order valence-electron chi connectivity index (χ3n) is 2.88. The smallest absolute Gasteiger partial charge is 0.226 e. The number of likely N-dealkylation sites (tertiary alicyclic amines) is 1. The van der Waals surface area contributed by atoms with E-state index in [1.165, 1.54) is 6.42 Å². The number of nitrogens with two attached hydrogens (primary N) is 1. The Kier molecular flexibility index (Phi) is 5.88. The highest BCUT2D eigenvalue weighted by atomic mass is 35.5. The molecule has 17 heavy (non-hydrogen) atoms. The molecule has 0 aromatic carbocycles. The summed E-state index contributed by atoms with van der Waals surface area (Å²) in [5.41, 5.74) is 5.93. The van der Waals surface area contributed by atoms with Gasteiger partial charge in [0.25, 0.3) is 0 Å². The molecule has 1 aliphatic rings. The number of aromatic nitrogens is 2. The van der Waals surface area contributed by atoms with Gasteiger partial charge in [0.1, 0.15) is 0 Å². The topological polar surface area (TPSA) is 68.2 Å². The van der Waals surface area contributed by atoms with Crippen molar-refractivity contribution in [2.75, 3.05) is 13.1 Å². The molecule has 1 aliphatic heterocycles. The first-order valence-corrected chi connectivity index (χ1v) is 6.07. The van der Waals surface area contributed by atoms with Crippen molar-refractivity contribution in [3.8, 4) is 0 Å². The molecule has 0 spiro atoms. The van der Waals surface area contributed by atoms with E-state index in [0.29, 0.717) is 6.04 Å². The van der Waals surface area contributed by atoms with Crippen LogP contribution in [0.15, 0.2) is 4.52 Å². The van der Waals surface area contributed by atoms with E-state index in [1.807, 2.05) is 0 Å². The largest absolute Gasteiger partial charge is 0.339 e. The Morgan fingerprint density at radius 1 is 1.53 bits per heavy atom. The first kappa shape index (κ1) is 14.4. The maximum Gasteiger partial charge on any atom is 0.226 e. The fourth-order valence-electron chi connectivity index (χ4n) is 2.10. The molecular weight excluding hydrogens is 240 g/mol. The molecule has 1 atom stereocenters. The molecule has 1 fully saturated rings. The summed E-state index contributed by atoms with van der Waals surface area (Å²) in [4.78, 5) is 6.66. The Morgan fingerprint density at radius 3 is 3.06 bits per heavy atom. The number of aryl methyl sites for hydroxylation is 1. The number of halogens is 1. The highest BCUT2D eigenvalue weighted by Gasteiger charge is 2.18. The summed E-state index contributed by atoms with van der Waals surface area (Å²) in [5, 5.41) is 3.99. The first-order chi connectivity index (χ1) is 7.78. The lowest BCUT2D eigenvalue weighted by atomic mass is 10.1. The van der Waals surface area contributed by atoms with Gasteiger partial charge in [0.2, 0.25) is 5.89 Å². The lowest BCUT2D eigenvalue weighted by molar-refractivity contribution is 0.195. The van der Waals surface area contributed by atoms with Crippen LogP contribution in [0.2, 0.25) is 0 Å². The Balaban J connectivity index is 0.00000144. The molecule has 1 aromatic heterocycles. The number of hydrogen-bond donors (Lipinski definition) is 1. The van der Waals surface area contributed by atoms with Gasteiger partial charge in [-0.1, -0.05) is 12.1 Å². The van der Waals surface area contributed by atoms with E-state index < -0.39 is 0 Å². The second-order valence-corrected chi connectivity index (χ2v) is 4.49. The highest BCUT2D eigenvalue weighted by Crippen LogP contribution is 2.11. The number of rotatable bonds is 4. The SMILES string of the molecule is CCCc1nc(CN2CCC[C@@H](N)C2)no1.Cl. The van der Waals surface area contributed by atoms with Gasteiger partial charge in [0, 0.05) is 19.0 Å². The summed E-state index contributed by atoms with van der Waals surface area (Å²) in [6.07, 6.45) is 4.20. The summed E-state index contributed by atoms with van der Waals surface area (Å²) in [5.74, 6) is 1.54. The maximum absolute atomic E-state index is 5.93. The van der Waals surface area contributed by atoms with Crippen molar-refractivity contribution >= 4 is 12.4 Å². The minimum Gasteiger partial charge on any atom is -0.339 e. The molecule has 1 saturated heterocycles. The van der Waals surface area contributed by atoms with Crippen LogP contribution < -0.4 is 5.73 Å². The molecule has 2 rings (SSSR count). The maximum atomic E-state index is 5.93. The van der Waals surface area contributed by atoms with Crippen LogP contribution in [0, 0.1) is 0 Å². The van der Waals surface area contributed by atoms with Gasteiger partial charge >= 0.3 is 0 Å². The lowest BCUT2D eigenvalue weighted by Crippen LogP contribution is -2.42. The van der Waals surface area contributed by atoms with Crippen LogP contribution in [-0.2, 0) is 13.0 Å². The Hall–Kier alpha value is -0.650. The van der Waals surface area contributed by atoms with Gasteiger partial charge in [0.15, 0.2) is 5.82 Å². The van der Waals surface area contributed by atoms with E-state index in [4.69, 9.17) is 10.3 Å². The summed E-state index contributed by atoms with van der Waals surface area (Å²) >= 11 is 0. The van der Waals surface area contributed by atoms with E-state index in [-0.39, 0.29) is 12.4 Å². The molecule has 0 unspecified atom stereocenters. The van der Waals surface area contributed by atoms with Crippen LogP contribution in [0.5, 0.6) is 0 Å². The second kappa shape index (κ2) is 6.93. The Morgan fingerprint density at radius 2 is 2.35 bits per heavy atom. The van der Waals surface area contributed by atoms with E-state index in [9.17, 15) is 0 Å². The average molecular weight is 261 g/mol. The zero-order valence-electron chi connectivity index (χ0n) is 10.3. The molecule has 2 N–H and O–H groups in total. The summed E-state index contributed by atoms with van der Waals surface area (Å²) in [6.45, 7) is 4.90. The third kappa shape index (κ3) is 4.26. The lowest BCUT2D eigenvalue weighted by Gasteiger charge is -2.29. The van der Waals surface area contributed by atoms with Crippen molar-refractivity contribution in [2.45, 2.75) is 45.2 Å². The predicted molar refractivity (Wildman–Crippen MR) is 68.0 cm³/mol. The van der Waals surface area contributed by atoms with E-state index in [0.717, 1.165) is 50.6 Å². The third-order valence-corrected chi connectivity index (χ3v) is 2.88. The molecule has 98 valence electrons. The van der Waals surface area contributed by atoms with Crippen molar-refractivity contribution in [1.82, 2.24) is 15.0 Å². The normalized spacial score (nSPS) is 21.2. The Bertz CT molecular complexity index is 331. The van der Waals surface area contributed by atoms with Crippen LogP contribution in [0.4, 0.5) is 0 Å².